The number of nitrogens with one attached hydrogen (secondary N) is 1. The fourth-order valence-electron chi connectivity index (χ4n) is 3.97. The number of anilines is 1. The predicted molar refractivity (Wildman–Crippen MR) is 129 cm³/mol. The number of benzene rings is 2. The third-order valence-electron chi connectivity index (χ3n) is 5.97. The lowest BCUT2D eigenvalue weighted by Gasteiger charge is -2.20. The molecule has 0 radical (unpaired) electrons. The maximum absolute atomic E-state index is 12.7. The van der Waals surface area contributed by atoms with Gasteiger partial charge < -0.3 is 10.2 Å². The summed E-state index contributed by atoms with van der Waals surface area (Å²) in [5, 5.41) is 2.43. The molecule has 2 heterocycles. The van der Waals surface area contributed by atoms with Gasteiger partial charge in [-0.05, 0) is 54.4 Å². The number of nitrogens with zero attached hydrogens (tertiary/aromatic N) is 2. The van der Waals surface area contributed by atoms with Gasteiger partial charge in [0, 0.05) is 31.7 Å². The molecule has 33 heavy (non-hydrogen) atoms. The van der Waals surface area contributed by atoms with Crippen LogP contribution in [0, 0.1) is 19.8 Å². The Morgan fingerprint density at radius 2 is 1.85 bits per heavy atom. The second-order valence-electron chi connectivity index (χ2n) is 8.16. The van der Waals surface area contributed by atoms with Gasteiger partial charge in [0.25, 0.3) is 11.1 Å². The Kier molecular flexibility index (Phi) is 6.65. The molecule has 2 fully saturated rings. The Morgan fingerprint density at radius 3 is 2.61 bits per heavy atom. The molecule has 0 spiro atoms. The van der Waals surface area contributed by atoms with E-state index < -0.39 is 5.92 Å². The number of hydrogen-bond acceptors (Lipinski definition) is 5. The van der Waals surface area contributed by atoms with Crippen LogP contribution >= 0.6 is 11.8 Å². The number of carbonyl (C=O) groups is 4. The molecule has 0 bridgehead atoms. The van der Waals surface area contributed by atoms with Crippen LogP contribution in [0.3, 0.4) is 0 Å². The molecule has 2 saturated heterocycles. The second kappa shape index (κ2) is 9.62. The van der Waals surface area contributed by atoms with Crippen molar-refractivity contribution >= 4 is 46.5 Å². The van der Waals surface area contributed by atoms with Crippen molar-refractivity contribution in [3.05, 3.63) is 70.1 Å². The Hall–Kier alpha value is -3.39. The van der Waals surface area contributed by atoms with Crippen molar-refractivity contribution in [1.82, 2.24) is 10.2 Å². The lowest BCUT2D eigenvalue weighted by atomic mass is 10.1. The normalized spacial score (nSPS) is 19.6. The van der Waals surface area contributed by atoms with E-state index in [-0.39, 0.29) is 42.5 Å². The molecule has 4 amide bonds. The van der Waals surface area contributed by atoms with E-state index in [9.17, 15) is 19.2 Å². The van der Waals surface area contributed by atoms with Crippen molar-refractivity contribution in [1.29, 1.82) is 0 Å². The highest BCUT2D eigenvalue weighted by molar-refractivity contribution is 8.18. The van der Waals surface area contributed by atoms with Gasteiger partial charge in [-0.25, -0.2) is 0 Å². The Morgan fingerprint density at radius 1 is 1.09 bits per heavy atom. The molecule has 2 aromatic carbocycles. The van der Waals surface area contributed by atoms with Gasteiger partial charge >= 0.3 is 0 Å². The molecule has 0 aromatic heterocycles. The number of thioether (sulfide) groups is 1. The van der Waals surface area contributed by atoms with Gasteiger partial charge in [0.1, 0.15) is 0 Å². The van der Waals surface area contributed by atoms with Crippen LogP contribution in [0.2, 0.25) is 0 Å². The van der Waals surface area contributed by atoms with Crippen LogP contribution in [0.4, 0.5) is 10.5 Å². The summed E-state index contributed by atoms with van der Waals surface area (Å²) in [6, 6.07) is 15.1. The van der Waals surface area contributed by atoms with Crippen LogP contribution in [0.15, 0.2) is 53.4 Å². The fourth-order valence-corrected chi connectivity index (χ4v) is 4.84. The molecule has 0 saturated carbocycles. The largest absolute Gasteiger partial charge is 0.354 e. The van der Waals surface area contributed by atoms with Crippen LogP contribution in [-0.2, 0) is 14.4 Å². The highest BCUT2D eigenvalue weighted by Crippen LogP contribution is 2.32. The molecule has 2 aliphatic heterocycles. The molecular formula is C25H25N3O4S. The first-order valence-corrected chi connectivity index (χ1v) is 11.6. The zero-order valence-electron chi connectivity index (χ0n) is 18.5. The van der Waals surface area contributed by atoms with Crippen molar-refractivity contribution in [2.45, 2.75) is 20.3 Å². The SMILES string of the molecule is Cc1cccc(N2CC(C(=O)NCCN3C(=O)SC(=Cc4ccccc4)C3=O)CC2=O)c1C. The highest BCUT2D eigenvalue weighted by atomic mass is 32.2. The zero-order chi connectivity index (χ0) is 23.5. The number of aryl methyl sites for hydroxylation is 1. The van der Waals surface area contributed by atoms with Gasteiger partial charge in [-0.15, -0.1) is 0 Å². The summed E-state index contributed by atoms with van der Waals surface area (Å²) in [4.78, 5) is 53.3. The van der Waals surface area contributed by atoms with Crippen LogP contribution in [-0.4, -0.2) is 47.5 Å². The van der Waals surface area contributed by atoms with E-state index in [4.69, 9.17) is 0 Å². The summed E-state index contributed by atoms with van der Waals surface area (Å²) in [5.74, 6) is -1.16. The maximum atomic E-state index is 12.7. The average Bonchev–Trinajstić information content (AvgIpc) is 3.31. The third-order valence-corrected chi connectivity index (χ3v) is 6.88. The minimum Gasteiger partial charge on any atom is -0.354 e. The van der Waals surface area contributed by atoms with E-state index in [1.165, 1.54) is 0 Å². The van der Waals surface area contributed by atoms with Crippen LogP contribution < -0.4 is 10.2 Å². The topological polar surface area (TPSA) is 86.8 Å². The minimum absolute atomic E-state index is 0.0826. The summed E-state index contributed by atoms with van der Waals surface area (Å²) in [7, 11) is 0. The summed E-state index contributed by atoms with van der Waals surface area (Å²) in [5.41, 5.74) is 3.79. The Bertz CT molecular complexity index is 1150. The van der Waals surface area contributed by atoms with Gasteiger partial charge in [0.05, 0.1) is 10.8 Å². The van der Waals surface area contributed by atoms with E-state index in [1.807, 2.05) is 62.4 Å². The zero-order valence-corrected chi connectivity index (χ0v) is 19.4. The van der Waals surface area contributed by atoms with E-state index in [2.05, 4.69) is 5.32 Å². The molecule has 2 aromatic rings. The molecular weight excluding hydrogens is 438 g/mol. The first-order valence-electron chi connectivity index (χ1n) is 10.8. The molecule has 2 aliphatic rings. The standard InChI is InChI=1S/C25H25N3O4S/c1-16-7-6-10-20(17(16)2)28-15-19(14-22(28)29)23(30)26-11-12-27-24(31)21(33-25(27)32)13-18-8-4-3-5-9-18/h3-10,13,19H,11-12,14-15H2,1-2H3,(H,26,30). The predicted octanol–water partition coefficient (Wildman–Crippen LogP) is 3.51. The number of imide groups is 1. The van der Waals surface area contributed by atoms with Gasteiger partial charge in [-0.3, -0.25) is 24.1 Å². The first kappa shape index (κ1) is 22.8. The number of amides is 4. The monoisotopic (exact) mass is 463 g/mol. The molecule has 170 valence electrons. The number of carbonyl (C=O) groups excluding carboxylic acids is 4. The van der Waals surface area contributed by atoms with Gasteiger partial charge in [-0.1, -0.05) is 42.5 Å². The summed E-state index contributed by atoms with van der Waals surface area (Å²) in [6.45, 7) is 4.50. The van der Waals surface area contributed by atoms with Crippen molar-refractivity contribution < 1.29 is 19.2 Å². The summed E-state index contributed by atoms with van der Waals surface area (Å²) < 4.78 is 0. The van der Waals surface area contributed by atoms with E-state index in [0.717, 1.165) is 39.0 Å². The minimum atomic E-state index is -0.467. The fraction of sp³-hybridized carbons (Fsp3) is 0.280. The quantitative estimate of drug-likeness (QED) is 0.663. The van der Waals surface area contributed by atoms with Crippen molar-refractivity contribution in [3.63, 3.8) is 0 Å². The van der Waals surface area contributed by atoms with Crippen LogP contribution in [0.5, 0.6) is 0 Å². The summed E-state index contributed by atoms with van der Waals surface area (Å²) in [6.07, 6.45) is 1.83. The van der Waals surface area contributed by atoms with Gasteiger partial charge in [0.15, 0.2) is 0 Å². The van der Waals surface area contributed by atoms with E-state index in [0.29, 0.717) is 11.4 Å². The van der Waals surface area contributed by atoms with E-state index in [1.54, 1.807) is 11.0 Å². The lowest BCUT2D eigenvalue weighted by Crippen LogP contribution is -2.40. The molecule has 7 nitrogen and oxygen atoms in total. The molecule has 1 N–H and O–H groups in total. The second-order valence-corrected chi connectivity index (χ2v) is 9.15. The molecule has 1 unspecified atom stereocenters. The smallest absolute Gasteiger partial charge is 0.293 e. The van der Waals surface area contributed by atoms with Crippen LogP contribution in [0.25, 0.3) is 6.08 Å². The third kappa shape index (κ3) is 4.85. The number of rotatable bonds is 6. The molecule has 1 atom stereocenters. The van der Waals surface area contributed by atoms with Crippen molar-refractivity contribution in [3.8, 4) is 0 Å². The van der Waals surface area contributed by atoms with Crippen molar-refractivity contribution in [2.75, 3.05) is 24.5 Å². The van der Waals surface area contributed by atoms with E-state index >= 15 is 0 Å². The maximum Gasteiger partial charge on any atom is 0.293 e. The molecule has 4 rings (SSSR count). The Balaban J connectivity index is 1.32. The molecule has 0 aliphatic carbocycles. The van der Waals surface area contributed by atoms with Gasteiger partial charge in [0.2, 0.25) is 11.8 Å². The average molecular weight is 464 g/mol. The number of hydrogen-bond donors (Lipinski definition) is 1. The lowest BCUT2D eigenvalue weighted by molar-refractivity contribution is -0.127. The van der Waals surface area contributed by atoms with Crippen LogP contribution in [0.1, 0.15) is 23.1 Å². The van der Waals surface area contributed by atoms with Gasteiger partial charge in [-0.2, -0.15) is 0 Å². The molecule has 8 heteroatoms. The highest BCUT2D eigenvalue weighted by Gasteiger charge is 2.37. The summed E-state index contributed by atoms with van der Waals surface area (Å²) >= 11 is 0.896. The first-order chi connectivity index (χ1) is 15.8. The van der Waals surface area contributed by atoms with Crippen molar-refractivity contribution in [2.24, 2.45) is 5.92 Å². The Labute approximate surface area is 196 Å².